The molecule has 0 saturated carbocycles. The number of carbonyl (C=O) groups is 1. The van der Waals surface area contributed by atoms with Crippen LogP contribution in [0.2, 0.25) is 0 Å². The highest BCUT2D eigenvalue weighted by molar-refractivity contribution is 5.84. The van der Waals surface area contributed by atoms with Crippen molar-refractivity contribution in [2.75, 3.05) is 31.6 Å². The van der Waals surface area contributed by atoms with Gasteiger partial charge in [-0.3, -0.25) is 9.59 Å². The molecule has 7 nitrogen and oxygen atoms in total. The van der Waals surface area contributed by atoms with E-state index in [1.807, 2.05) is 0 Å². The van der Waals surface area contributed by atoms with E-state index in [0.717, 1.165) is 0 Å². The first-order valence-electron chi connectivity index (χ1n) is 5.84. The zero-order valence-electron chi connectivity index (χ0n) is 10.2. The largest absolute Gasteiger partial charge is 0.378 e. The van der Waals surface area contributed by atoms with Crippen LogP contribution in [0.5, 0.6) is 0 Å². The molecule has 1 unspecified atom stereocenters. The molecule has 1 amide bonds. The van der Waals surface area contributed by atoms with Crippen LogP contribution >= 0.6 is 0 Å². The molecule has 1 aliphatic rings. The summed E-state index contributed by atoms with van der Waals surface area (Å²) < 4.78 is 5.19. The monoisotopic (exact) mass is 252 g/mol. The van der Waals surface area contributed by atoms with Gasteiger partial charge in [-0.05, 0) is 6.92 Å². The smallest absolute Gasteiger partial charge is 0.252 e. The Bertz CT molecular complexity index is 467. The second kappa shape index (κ2) is 5.63. The van der Waals surface area contributed by atoms with Crippen molar-refractivity contribution in [3.05, 3.63) is 22.7 Å². The first-order chi connectivity index (χ1) is 8.66. The number of amides is 1. The van der Waals surface area contributed by atoms with E-state index >= 15 is 0 Å². The second-order valence-corrected chi connectivity index (χ2v) is 4.10. The minimum atomic E-state index is -0.419. The molecule has 7 heteroatoms. The van der Waals surface area contributed by atoms with Gasteiger partial charge in [0.05, 0.1) is 19.5 Å². The Morgan fingerprint density at radius 2 is 2.28 bits per heavy atom. The second-order valence-electron chi connectivity index (χ2n) is 4.10. The Morgan fingerprint density at radius 3 is 2.94 bits per heavy atom. The van der Waals surface area contributed by atoms with Crippen molar-refractivity contribution in [3.8, 4) is 0 Å². The van der Waals surface area contributed by atoms with Crippen LogP contribution in [0.1, 0.15) is 6.92 Å². The quantitative estimate of drug-likeness (QED) is 0.752. The summed E-state index contributed by atoms with van der Waals surface area (Å²) in [6, 6.07) is 0.903. The molecular weight excluding hydrogens is 236 g/mol. The lowest BCUT2D eigenvalue weighted by Gasteiger charge is -2.29. The molecule has 1 aromatic rings. The van der Waals surface area contributed by atoms with Crippen molar-refractivity contribution in [3.63, 3.8) is 0 Å². The lowest BCUT2D eigenvalue weighted by molar-refractivity contribution is -0.135. The van der Waals surface area contributed by atoms with E-state index < -0.39 is 6.04 Å². The molecule has 1 fully saturated rings. The van der Waals surface area contributed by atoms with Crippen LogP contribution in [0.3, 0.4) is 0 Å². The van der Waals surface area contributed by atoms with Crippen molar-refractivity contribution in [2.45, 2.75) is 13.0 Å². The summed E-state index contributed by atoms with van der Waals surface area (Å²) >= 11 is 0. The van der Waals surface area contributed by atoms with E-state index in [9.17, 15) is 9.59 Å². The number of hydrogen-bond donors (Lipinski definition) is 2. The summed E-state index contributed by atoms with van der Waals surface area (Å²) in [7, 11) is 0. The van der Waals surface area contributed by atoms with E-state index in [1.165, 1.54) is 12.4 Å². The van der Waals surface area contributed by atoms with Gasteiger partial charge in [0.2, 0.25) is 5.91 Å². The minimum absolute atomic E-state index is 0.0135. The minimum Gasteiger partial charge on any atom is -0.378 e. The summed E-state index contributed by atoms with van der Waals surface area (Å²) in [4.78, 5) is 31.3. The van der Waals surface area contributed by atoms with Crippen LogP contribution in [0, 0.1) is 0 Å². The van der Waals surface area contributed by atoms with Crippen LogP contribution < -0.4 is 10.9 Å². The Kier molecular flexibility index (Phi) is 3.93. The fraction of sp³-hybridized carbons (Fsp3) is 0.545. The topological polar surface area (TPSA) is 87.3 Å². The molecule has 0 radical (unpaired) electrons. The number of carbonyl (C=O) groups excluding carboxylic acids is 1. The van der Waals surface area contributed by atoms with E-state index in [-0.39, 0.29) is 11.5 Å². The van der Waals surface area contributed by atoms with E-state index in [0.29, 0.717) is 32.1 Å². The number of anilines is 1. The standard InChI is InChI=1S/C11H16N4O3/c1-8(11(17)15-2-4-18-5-3-15)14-9-6-10(16)13-7-12-9/h6-8H,2-5H2,1H3,(H2,12,13,14,16). The number of rotatable bonds is 3. The van der Waals surface area contributed by atoms with E-state index in [1.54, 1.807) is 11.8 Å². The molecule has 2 N–H and O–H groups in total. The molecule has 98 valence electrons. The first kappa shape index (κ1) is 12.6. The van der Waals surface area contributed by atoms with Crippen molar-refractivity contribution in [1.82, 2.24) is 14.9 Å². The number of ether oxygens (including phenoxy) is 1. The van der Waals surface area contributed by atoms with Crippen LogP contribution in [-0.4, -0.2) is 53.1 Å². The Hall–Kier alpha value is -1.89. The first-order valence-corrected chi connectivity index (χ1v) is 5.84. The number of nitrogens with one attached hydrogen (secondary N) is 2. The van der Waals surface area contributed by atoms with Crippen molar-refractivity contribution in [1.29, 1.82) is 0 Å². The molecule has 1 saturated heterocycles. The lowest BCUT2D eigenvalue weighted by atomic mass is 10.2. The van der Waals surface area contributed by atoms with Crippen LogP contribution in [0.15, 0.2) is 17.2 Å². The van der Waals surface area contributed by atoms with Crippen molar-refractivity contribution in [2.24, 2.45) is 0 Å². The van der Waals surface area contributed by atoms with Gasteiger partial charge in [0.15, 0.2) is 0 Å². The predicted molar refractivity (Wildman–Crippen MR) is 65.3 cm³/mol. The fourth-order valence-corrected chi connectivity index (χ4v) is 1.79. The number of hydrogen-bond acceptors (Lipinski definition) is 5. The van der Waals surface area contributed by atoms with Gasteiger partial charge in [-0.25, -0.2) is 4.98 Å². The Balaban J connectivity index is 1.96. The maximum Gasteiger partial charge on any atom is 0.252 e. The van der Waals surface area contributed by atoms with Gasteiger partial charge in [0.1, 0.15) is 11.9 Å². The normalized spacial score (nSPS) is 17.3. The van der Waals surface area contributed by atoms with Gasteiger partial charge < -0.3 is 19.9 Å². The lowest BCUT2D eigenvalue weighted by Crippen LogP contribution is -2.47. The summed E-state index contributed by atoms with van der Waals surface area (Å²) in [5, 5.41) is 2.92. The van der Waals surface area contributed by atoms with Crippen molar-refractivity contribution < 1.29 is 9.53 Å². The highest BCUT2D eigenvalue weighted by Crippen LogP contribution is 2.05. The number of aromatic amines is 1. The number of morpholine rings is 1. The highest BCUT2D eigenvalue weighted by Gasteiger charge is 2.22. The van der Waals surface area contributed by atoms with Gasteiger partial charge >= 0.3 is 0 Å². The molecule has 0 spiro atoms. The van der Waals surface area contributed by atoms with Crippen LogP contribution in [0.25, 0.3) is 0 Å². The molecule has 1 aliphatic heterocycles. The van der Waals surface area contributed by atoms with Gasteiger partial charge in [0, 0.05) is 19.2 Å². The molecule has 0 aliphatic carbocycles. The number of H-pyrrole nitrogens is 1. The maximum absolute atomic E-state index is 12.1. The summed E-state index contributed by atoms with van der Waals surface area (Å²) in [6.07, 6.45) is 1.30. The molecule has 1 atom stereocenters. The van der Waals surface area contributed by atoms with E-state index in [2.05, 4.69) is 15.3 Å². The third-order valence-electron chi connectivity index (χ3n) is 2.74. The third-order valence-corrected chi connectivity index (χ3v) is 2.74. The fourth-order valence-electron chi connectivity index (χ4n) is 1.79. The average molecular weight is 252 g/mol. The molecule has 1 aromatic heterocycles. The zero-order chi connectivity index (χ0) is 13.0. The number of aromatic nitrogens is 2. The highest BCUT2D eigenvalue weighted by atomic mass is 16.5. The van der Waals surface area contributed by atoms with Crippen molar-refractivity contribution >= 4 is 11.7 Å². The Labute approximate surface area is 104 Å². The average Bonchev–Trinajstić information content (AvgIpc) is 2.39. The molecule has 18 heavy (non-hydrogen) atoms. The molecule has 0 bridgehead atoms. The van der Waals surface area contributed by atoms with Crippen LogP contribution in [-0.2, 0) is 9.53 Å². The van der Waals surface area contributed by atoms with E-state index in [4.69, 9.17) is 4.74 Å². The predicted octanol–water partition coefficient (Wildman–Crippen LogP) is -0.571. The maximum atomic E-state index is 12.1. The molecule has 0 aromatic carbocycles. The third kappa shape index (κ3) is 3.07. The van der Waals surface area contributed by atoms with Gasteiger partial charge in [-0.15, -0.1) is 0 Å². The zero-order valence-corrected chi connectivity index (χ0v) is 10.2. The summed E-state index contributed by atoms with van der Waals surface area (Å²) in [5.74, 6) is 0.383. The SMILES string of the molecule is CC(Nc1cc(=O)[nH]cn1)C(=O)N1CCOCC1. The molecule has 2 heterocycles. The molecular formula is C11H16N4O3. The summed E-state index contributed by atoms with van der Waals surface area (Å²) in [6.45, 7) is 4.10. The Morgan fingerprint density at radius 1 is 1.56 bits per heavy atom. The molecule has 2 rings (SSSR count). The number of nitrogens with zero attached hydrogens (tertiary/aromatic N) is 2. The van der Waals surface area contributed by atoms with Gasteiger partial charge in [-0.1, -0.05) is 0 Å². The van der Waals surface area contributed by atoms with Crippen LogP contribution in [0.4, 0.5) is 5.82 Å². The summed E-state index contributed by atoms with van der Waals surface area (Å²) in [5.41, 5.74) is -0.251. The van der Waals surface area contributed by atoms with Gasteiger partial charge in [-0.2, -0.15) is 0 Å². The van der Waals surface area contributed by atoms with Gasteiger partial charge in [0.25, 0.3) is 5.56 Å².